The summed E-state index contributed by atoms with van der Waals surface area (Å²) in [5.41, 5.74) is 5.98. The molecule has 0 spiro atoms. The summed E-state index contributed by atoms with van der Waals surface area (Å²) >= 11 is 0. The molecule has 0 bridgehead atoms. The van der Waals surface area contributed by atoms with Crippen LogP contribution in [0.15, 0.2) is 0 Å². The molecule has 116 valence electrons. The third-order valence-corrected chi connectivity index (χ3v) is 8.35. The summed E-state index contributed by atoms with van der Waals surface area (Å²) < 4.78 is 55.5. The Balaban J connectivity index is 1.65. The van der Waals surface area contributed by atoms with Crippen molar-refractivity contribution in [1.82, 2.24) is 4.72 Å². The first-order valence-corrected chi connectivity index (χ1v) is 10.3. The number of fused-ring (bicyclic) bond motifs is 1. The van der Waals surface area contributed by atoms with Crippen LogP contribution < -0.4 is 10.5 Å². The van der Waals surface area contributed by atoms with Gasteiger partial charge in [0.15, 0.2) is 0 Å². The molecule has 9 heteroatoms. The Hall–Kier alpha value is -0.220. The van der Waals surface area contributed by atoms with Crippen molar-refractivity contribution in [2.24, 2.45) is 11.7 Å². The van der Waals surface area contributed by atoms with Gasteiger partial charge in [0, 0.05) is 18.6 Å². The molecule has 0 amide bonds. The molecule has 0 aromatic heterocycles. The van der Waals surface area contributed by atoms with Gasteiger partial charge in [0.05, 0.1) is 28.9 Å². The largest absolute Gasteiger partial charge is 0.376 e. The molecular formula is C11H20N2O5S2. The van der Waals surface area contributed by atoms with Crippen molar-refractivity contribution < 1.29 is 21.6 Å². The van der Waals surface area contributed by atoms with Gasteiger partial charge in [-0.25, -0.2) is 21.6 Å². The van der Waals surface area contributed by atoms with Crippen LogP contribution in [0, 0.1) is 5.92 Å². The van der Waals surface area contributed by atoms with E-state index in [1.807, 2.05) is 0 Å². The van der Waals surface area contributed by atoms with Crippen molar-refractivity contribution in [2.45, 2.75) is 42.7 Å². The molecular weight excluding hydrogens is 304 g/mol. The summed E-state index contributed by atoms with van der Waals surface area (Å²) in [4.78, 5) is 0. The molecule has 1 aliphatic carbocycles. The number of ether oxygens (including phenoxy) is 1. The zero-order valence-electron chi connectivity index (χ0n) is 11.1. The van der Waals surface area contributed by atoms with Crippen LogP contribution in [0.2, 0.25) is 0 Å². The van der Waals surface area contributed by atoms with Crippen LogP contribution in [-0.2, 0) is 24.6 Å². The van der Waals surface area contributed by atoms with Gasteiger partial charge >= 0.3 is 0 Å². The summed E-state index contributed by atoms with van der Waals surface area (Å²) in [6.07, 6.45) is 1.08. The van der Waals surface area contributed by atoms with Crippen LogP contribution >= 0.6 is 0 Å². The SMILES string of the molecule is NC1C2CCOC2C1NS(=O)(=O)C1CCS(=O)(=O)CC1. The molecule has 3 N–H and O–H groups in total. The van der Waals surface area contributed by atoms with E-state index in [-0.39, 0.29) is 48.5 Å². The molecule has 2 heterocycles. The molecule has 0 aromatic rings. The van der Waals surface area contributed by atoms with E-state index < -0.39 is 25.1 Å². The minimum absolute atomic E-state index is 0.0577. The molecule has 20 heavy (non-hydrogen) atoms. The predicted molar refractivity (Wildman–Crippen MR) is 73.3 cm³/mol. The lowest BCUT2D eigenvalue weighted by molar-refractivity contribution is -0.00934. The number of hydrogen-bond donors (Lipinski definition) is 2. The van der Waals surface area contributed by atoms with Crippen LogP contribution in [0.4, 0.5) is 0 Å². The minimum Gasteiger partial charge on any atom is -0.376 e. The molecule has 4 atom stereocenters. The number of nitrogens with two attached hydrogens (primary N) is 1. The van der Waals surface area contributed by atoms with Gasteiger partial charge in [-0.1, -0.05) is 0 Å². The molecule has 7 nitrogen and oxygen atoms in total. The van der Waals surface area contributed by atoms with E-state index >= 15 is 0 Å². The summed E-state index contributed by atoms with van der Waals surface area (Å²) in [5.74, 6) is 0.129. The normalized spacial score (nSPS) is 41.0. The van der Waals surface area contributed by atoms with Crippen LogP contribution in [0.5, 0.6) is 0 Å². The second-order valence-corrected chi connectivity index (χ2v) is 10.2. The standard InChI is InChI=1S/C11H20N2O5S2/c12-9-8-1-4-18-11(8)10(9)13-20(16,17)7-2-5-19(14,15)6-3-7/h7-11,13H,1-6,12H2. The first kappa shape index (κ1) is 14.7. The van der Waals surface area contributed by atoms with Gasteiger partial charge in [0.1, 0.15) is 9.84 Å². The van der Waals surface area contributed by atoms with Crippen molar-refractivity contribution in [3.05, 3.63) is 0 Å². The van der Waals surface area contributed by atoms with Crippen molar-refractivity contribution in [3.63, 3.8) is 0 Å². The van der Waals surface area contributed by atoms with E-state index in [0.717, 1.165) is 6.42 Å². The third-order valence-electron chi connectivity index (χ3n) is 4.69. The van der Waals surface area contributed by atoms with Gasteiger partial charge in [0.2, 0.25) is 10.0 Å². The fourth-order valence-corrected chi connectivity index (χ4v) is 6.87. The van der Waals surface area contributed by atoms with E-state index in [1.165, 1.54) is 0 Å². The topological polar surface area (TPSA) is 116 Å². The lowest BCUT2D eigenvalue weighted by Gasteiger charge is -2.45. The van der Waals surface area contributed by atoms with E-state index in [9.17, 15) is 16.8 Å². The van der Waals surface area contributed by atoms with Crippen molar-refractivity contribution >= 4 is 19.9 Å². The number of hydrogen-bond acceptors (Lipinski definition) is 6. The Morgan fingerprint density at radius 1 is 1.15 bits per heavy atom. The smallest absolute Gasteiger partial charge is 0.214 e. The van der Waals surface area contributed by atoms with Crippen molar-refractivity contribution in [2.75, 3.05) is 18.1 Å². The summed E-state index contributed by atoms with van der Waals surface area (Å²) in [7, 11) is -6.60. The van der Waals surface area contributed by atoms with E-state index in [2.05, 4.69) is 4.72 Å². The lowest BCUT2D eigenvalue weighted by atomic mass is 9.73. The van der Waals surface area contributed by atoms with Gasteiger partial charge in [0.25, 0.3) is 0 Å². The van der Waals surface area contributed by atoms with Gasteiger partial charge in [-0.15, -0.1) is 0 Å². The molecule has 3 aliphatic rings. The van der Waals surface area contributed by atoms with E-state index in [0.29, 0.717) is 6.61 Å². The predicted octanol–water partition coefficient (Wildman–Crippen LogP) is -1.40. The van der Waals surface area contributed by atoms with Gasteiger partial charge in [-0.3, -0.25) is 0 Å². The maximum atomic E-state index is 12.3. The first-order valence-electron chi connectivity index (χ1n) is 6.89. The lowest BCUT2D eigenvalue weighted by Crippen LogP contribution is -2.69. The second kappa shape index (κ2) is 4.91. The zero-order chi connectivity index (χ0) is 14.5. The molecule has 0 radical (unpaired) electrons. The third kappa shape index (κ3) is 2.50. The quantitative estimate of drug-likeness (QED) is 0.659. The molecule has 0 aromatic carbocycles. The maximum absolute atomic E-state index is 12.3. The number of nitrogens with one attached hydrogen (secondary N) is 1. The fraction of sp³-hybridized carbons (Fsp3) is 1.00. The molecule has 3 fully saturated rings. The summed E-state index contributed by atoms with van der Waals surface area (Å²) in [6, 6.07) is -0.573. The highest BCUT2D eigenvalue weighted by atomic mass is 32.2. The molecule has 1 saturated carbocycles. The van der Waals surface area contributed by atoms with Gasteiger partial charge in [-0.2, -0.15) is 0 Å². The second-order valence-electron chi connectivity index (χ2n) is 5.91. The number of sulfonamides is 1. The highest BCUT2D eigenvalue weighted by molar-refractivity contribution is 7.92. The first-order chi connectivity index (χ1) is 9.30. The average Bonchev–Trinajstić information content (AvgIpc) is 2.80. The zero-order valence-corrected chi connectivity index (χ0v) is 12.7. The molecule has 2 saturated heterocycles. The fourth-order valence-electron chi connectivity index (χ4n) is 3.36. The Kier molecular flexibility index (Phi) is 3.61. The van der Waals surface area contributed by atoms with Gasteiger partial charge < -0.3 is 10.5 Å². The van der Waals surface area contributed by atoms with Crippen molar-refractivity contribution in [1.29, 1.82) is 0 Å². The number of sulfone groups is 1. The van der Waals surface area contributed by atoms with Crippen LogP contribution in [0.1, 0.15) is 19.3 Å². The molecule has 2 aliphatic heterocycles. The monoisotopic (exact) mass is 324 g/mol. The van der Waals surface area contributed by atoms with Crippen LogP contribution in [-0.4, -0.2) is 58.4 Å². The van der Waals surface area contributed by atoms with Crippen molar-refractivity contribution in [3.8, 4) is 0 Å². The minimum atomic E-state index is -3.54. The molecule has 3 rings (SSSR count). The van der Waals surface area contributed by atoms with E-state index in [1.54, 1.807) is 0 Å². The van der Waals surface area contributed by atoms with Crippen LogP contribution in [0.3, 0.4) is 0 Å². The maximum Gasteiger partial charge on any atom is 0.214 e. The summed E-state index contributed by atoms with van der Waals surface area (Å²) in [6.45, 7) is 0.628. The average molecular weight is 324 g/mol. The van der Waals surface area contributed by atoms with E-state index in [4.69, 9.17) is 10.5 Å². The highest BCUT2D eigenvalue weighted by Crippen LogP contribution is 2.38. The molecule has 4 unspecified atom stereocenters. The highest BCUT2D eigenvalue weighted by Gasteiger charge is 2.54. The van der Waals surface area contributed by atoms with Crippen LogP contribution in [0.25, 0.3) is 0 Å². The number of rotatable bonds is 3. The Morgan fingerprint density at radius 3 is 2.45 bits per heavy atom. The Labute approximate surface area is 119 Å². The Bertz CT molecular complexity index is 574. The van der Waals surface area contributed by atoms with Gasteiger partial charge in [-0.05, 0) is 19.3 Å². The Morgan fingerprint density at radius 2 is 1.80 bits per heavy atom. The summed E-state index contributed by atoms with van der Waals surface area (Å²) in [5, 5.41) is -0.640.